The first-order valence-corrected chi connectivity index (χ1v) is 7.70. The molecule has 0 spiro atoms. The predicted molar refractivity (Wildman–Crippen MR) is 85.4 cm³/mol. The van der Waals surface area contributed by atoms with Crippen LogP contribution < -0.4 is 5.32 Å². The molecule has 0 saturated carbocycles. The van der Waals surface area contributed by atoms with Crippen LogP contribution in [0.15, 0.2) is 41.8 Å². The van der Waals surface area contributed by atoms with Crippen molar-refractivity contribution in [2.24, 2.45) is 0 Å². The van der Waals surface area contributed by atoms with Crippen molar-refractivity contribution in [2.45, 2.75) is 19.8 Å². The molecule has 4 heteroatoms. The van der Waals surface area contributed by atoms with Gasteiger partial charge in [0.1, 0.15) is 16.5 Å². The molecule has 0 aliphatic rings. The summed E-state index contributed by atoms with van der Waals surface area (Å²) in [6.07, 6.45) is 2.18. The summed E-state index contributed by atoms with van der Waals surface area (Å²) in [5.74, 6) is 1.78. The zero-order valence-corrected chi connectivity index (χ0v) is 12.3. The summed E-state index contributed by atoms with van der Waals surface area (Å²) >= 11 is 1.66. The third-order valence-corrected chi connectivity index (χ3v) is 4.02. The van der Waals surface area contributed by atoms with Crippen LogP contribution in [-0.4, -0.2) is 16.5 Å². The van der Waals surface area contributed by atoms with Gasteiger partial charge in [0.2, 0.25) is 0 Å². The van der Waals surface area contributed by atoms with Crippen LogP contribution in [0.5, 0.6) is 0 Å². The number of hydrogen-bond donors (Lipinski definition) is 1. The van der Waals surface area contributed by atoms with Gasteiger partial charge in [0.15, 0.2) is 0 Å². The lowest BCUT2D eigenvalue weighted by molar-refractivity contribution is 0.858. The van der Waals surface area contributed by atoms with E-state index in [-0.39, 0.29) is 0 Å². The van der Waals surface area contributed by atoms with E-state index in [0.29, 0.717) is 0 Å². The molecule has 0 unspecified atom stereocenters. The van der Waals surface area contributed by atoms with Crippen LogP contribution in [0.1, 0.15) is 17.8 Å². The van der Waals surface area contributed by atoms with Gasteiger partial charge in [-0.15, -0.1) is 11.3 Å². The van der Waals surface area contributed by atoms with Crippen LogP contribution in [0.25, 0.3) is 10.2 Å². The van der Waals surface area contributed by atoms with E-state index in [1.54, 1.807) is 11.3 Å². The third kappa shape index (κ3) is 2.96. The molecule has 0 radical (unpaired) electrons. The molecule has 0 amide bonds. The molecule has 2 aromatic heterocycles. The highest BCUT2D eigenvalue weighted by atomic mass is 32.1. The summed E-state index contributed by atoms with van der Waals surface area (Å²) in [6.45, 7) is 2.87. The number of fused-ring (bicyclic) bond motifs is 1. The van der Waals surface area contributed by atoms with Crippen molar-refractivity contribution in [3.05, 3.63) is 53.2 Å². The molecule has 1 N–H and O–H groups in total. The number of rotatable bonds is 5. The molecule has 1 aromatic carbocycles. The van der Waals surface area contributed by atoms with Gasteiger partial charge in [-0.2, -0.15) is 0 Å². The highest BCUT2D eigenvalue weighted by molar-refractivity contribution is 7.16. The van der Waals surface area contributed by atoms with Crippen LogP contribution in [0.3, 0.4) is 0 Å². The number of anilines is 1. The highest BCUT2D eigenvalue weighted by Gasteiger charge is 2.06. The number of nitrogens with one attached hydrogen (secondary N) is 1. The van der Waals surface area contributed by atoms with Crippen molar-refractivity contribution in [3.8, 4) is 0 Å². The van der Waals surface area contributed by atoms with E-state index in [1.165, 1.54) is 5.56 Å². The molecule has 102 valence electrons. The lowest BCUT2D eigenvalue weighted by Gasteiger charge is -2.07. The van der Waals surface area contributed by atoms with Crippen molar-refractivity contribution in [1.29, 1.82) is 0 Å². The Bertz CT molecular complexity index is 691. The van der Waals surface area contributed by atoms with Gasteiger partial charge in [-0.25, -0.2) is 9.97 Å². The summed E-state index contributed by atoms with van der Waals surface area (Å²) in [7, 11) is 0. The summed E-state index contributed by atoms with van der Waals surface area (Å²) < 4.78 is 0. The molecule has 0 aliphatic carbocycles. The van der Waals surface area contributed by atoms with E-state index in [4.69, 9.17) is 0 Å². The fourth-order valence-electron chi connectivity index (χ4n) is 2.24. The smallest absolute Gasteiger partial charge is 0.138 e. The SMILES string of the molecule is Cc1nc(NCCCc2ccccc2)c2ccsc2n1. The topological polar surface area (TPSA) is 37.8 Å². The first-order chi connectivity index (χ1) is 9.83. The zero-order valence-electron chi connectivity index (χ0n) is 11.5. The van der Waals surface area contributed by atoms with E-state index >= 15 is 0 Å². The molecule has 3 aromatic rings. The Morgan fingerprint density at radius 2 is 1.95 bits per heavy atom. The van der Waals surface area contributed by atoms with Crippen LogP contribution in [0.4, 0.5) is 5.82 Å². The van der Waals surface area contributed by atoms with E-state index in [0.717, 1.165) is 41.2 Å². The number of hydrogen-bond acceptors (Lipinski definition) is 4. The molecule has 0 bridgehead atoms. The van der Waals surface area contributed by atoms with Gasteiger partial charge >= 0.3 is 0 Å². The van der Waals surface area contributed by atoms with Crippen molar-refractivity contribution < 1.29 is 0 Å². The normalized spacial score (nSPS) is 10.8. The Balaban J connectivity index is 1.61. The standard InChI is InChI=1S/C16H17N3S/c1-12-18-15(14-9-11-20-16(14)19-12)17-10-5-8-13-6-3-2-4-7-13/h2-4,6-7,9,11H,5,8,10H2,1H3,(H,17,18,19). The summed E-state index contributed by atoms with van der Waals surface area (Å²) in [5.41, 5.74) is 1.38. The van der Waals surface area contributed by atoms with Gasteiger partial charge < -0.3 is 5.32 Å². The fourth-order valence-corrected chi connectivity index (χ4v) is 3.05. The monoisotopic (exact) mass is 283 g/mol. The van der Waals surface area contributed by atoms with Gasteiger partial charge in [-0.3, -0.25) is 0 Å². The second kappa shape index (κ2) is 6.01. The molecule has 3 nitrogen and oxygen atoms in total. The van der Waals surface area contributed by atoms with Gasteiger partial charge in [-0.1, -0.05) is 30.3 Å². The molecule has 0 aliphatic heterocycles. The van der Waals surface area contributed by atoms with Crippen LogP contribution in [0.2, 0.25) is 0 Å². The van der Waals surface area contributed by atoms with E-state index in [2.05, 4.69) is 57.1 Å². The Hall–Kier alpha value is -1.94. The quantitative estimate of drug-likeness (QED) is 0.718. The van der Waals surface area contributed by atoms with Crippen molar-refractivity contribution in [1.82, 2.24) is 9.97 Å². The maximum Gasteiger partial charge on any atom is 0.138 e. The zero-order chi connectivity index (χ0) is 13.8. The summed E-state index contributed by atoms with van der Waals surface area (Å²) in [5, 5.41) is 6.63. The highest BCUT2D eigenvalue weighted by Crippen LogP contribution is 2.24. The maximum atomic E-state index is 4.50. The van der Waals surface area contributed by atoms with E-state index in [9.17, 15) is 0 Å². The van der Waals surface area contributed by atoms with Gasteiger partial charge in [0, 0.05) is 6.54 Å². The second-order valence-electron chi connectivity index (χ2n) is 4.77. The van der Waals surface area contributed by atoms with Gasteiger partial charge in [-0.05, 0) is 36.8 Å². The summed E-state index contributed by atoms with van der Waals surface area (Å²) in [6, 6.07) is 12.7. The number of benzene rings is 1. The molecule has 3 rings (SSSR count). The van der Waals surface area contributed by atoms with E-state index < -0.39 is 0 Å². The van der Waals surface area contributed by atoms with Crippen LogP contribution in [-0.2, 0) is 6.42 Å². The Morgan fingerprint density at radius 1 is 1.10 bits per heavy atom. The average Bonchev–Trinajstić information content (AvgIpc) is 2.92. The van der Waals surface area contributed by atoms with Crippen molar-refractivity contribution in [3.63, 3.8) is 0 Å². The molecule has 0 saturated heterocycles. The minimum atomic E-state index is 0.825. The first kappa shape index (κ1) is 13.1. The largest absolute Gasteiger partial charge is 0.369 e. The van der Waals surface area contributed by atoms with Gasteiger partial charge in [0.25, 0.3) is 0 Å². The predicted octanol–water partition coefficient (Wildman–Crippen LogP) is 4.04. The number of aromatic nitrogens is 2. The third-order valence-electron chi connectivity index (χ3n) is 3.21. The Labute approximate surface area is 122 Å². The molecule has 0 fully saturated rings. The number of thiophene rings is 1. The molecule has 2 heterocycles. The Kier molecular flexibility index (Phi) is 3.92. The number of nitrogens with zero attached hydrogens (tertiary/aromatic N) is 2. The fraction of sp³-hybridized carbons (Fsp3) is 0.250. The Morgan fingerprint density at radius 3 is 2.80 bits per heavy atom. The van der Waals surface area contributed by atoms with Crippen LogP contribution in [0, 0.1) is 6.92 Å². The van der Waals surface area contributed by atoms with Crippen LogP contribution >= 0.6 is 11.3 Å². The second-order valence-corrected chi connectivity index (χ2v) is 5.67. The first-order valence-electron chi connectivity index (χ1n) is 6.82. The minimum absolute atomic E-state index is 0.825. The van der Waals surface area contributed by atoms with Crippen molar-refractivity contribution >= 4 is 27.4 Å². The summed E-state index contributed by atoms with van der Waals surface area (Å²) in [4.78, 5) is 10.0. The van der Waals surface area contributed by atoms with Crippen molar-refractivity contribution in [2.75, 3.05) is 11.9 Å². The molecule has 20 heavy (non-hydrogen) atoms. The minimum Gasteiger partial charge on any atom is -0.369 e. The number of aryl methyl sites for hydroxylation is 2. The van der Waals surface area contributed by atoms with E-state index in [1.807, 2.05) is 6.92 Å². The molecular weight excluding hydrogens is 266 g/mol. The lowest BCUT2D eigenvalue weighted by Crippen LogP contribution is -2.06. The molecule has 0 atom stereocenters. The van der Waals surface area contributed by atoms with Gasteiger partial charge in [0.05, 0.1) is 5.39 Å². The maximum absolute atomic E-state index is 4.50. The lowest BCUT2D eigenvalue weighted by atomic mass is 10.1. The molecular formula is C16H17N3S. The average molecular weight is 283 g/mol.